The SMILES string of the molecule is C=C1C(=O)O[C@H]2/C=C(\C)[C@H](O)C/C=C(\C)C[C@@H](OC(=O)[C@@]3(C)O[C@@H]3C)[C@@H]12. The summed E-state index contributed by atoms with van der Waals surface area (Å²) in [6.45, 7) is 11.1. The molecular formula is C20H26O6. The number of hydrogen-bond donors (Lipinski definition) is 1. The van der Waals surface area contributed by atoms with Gasteiger partial charge in [-0.3, -0.25) is 0 Å². The lowest BCUT2D eigenvalue weighted by Crippen LogP contribution is -2.37. The van der Waals surface area contributed by atoms with Gasteiger partial charge in [-0.1, -0.05) is 18.2 Å². The Bertz CT molecular complexity index is 705. The molecular weight excluding hydrogens is 336 g/mol. The third kappa shape index (κ3) is 3.35. The average Bonchev–Trinajstić information content (AvgIpc) is 3.09. The molecule has 0 saturated carbocycles. The Labute approximate surface area is 153 Å². The third-order valence-electron chi connectivity index (χ3n) is 5.63. The summed E-state index contributed by atoms with van der Waals surface area (Å²) in [6.07, 6.45) is 2.53. The van der Waals surface area contributed by atoms with E-state index in [9.17, 15) is 14.7 Å². The van der Waals surface area contributed by atoms with E-state index in [1.807, 2.05) is 19.9 Å². The van der Waals surface area contributed by atoms with Gasteiger partial charge in [-0.05, 0) is 45.8 Å². The van der Waals surface area contributed by atoms with Crippen molar-refractivity contribution < 1.29 is 28.9 Å². The smallest absolute Gasteiger partial charge is 0.341 e. The maximum absolute atomic E-state index is 12.6. The number of epoxide rings is 1. The number of carbonyl (C=O) groups excluding carboxylic acids is 2. The standard InChI is InChI=1S/C20H26O6/c1-10-6-7-14(21)11(2)9-16-17(12(3)18(22)24-16)15(8-10)25-19(23)20(5)13(4)26-20/h6,9,13-17,21H,3,7-8H2,1-2,4-5H3/b10-6+,11-9+/t13-,14-,15-,16+,17-,20+/m1/s1. The molecule has 6 atom stereocenters. The molecule has 0 aromatic heterocycles. The van der Waals surface area contributed by atoms with E-state index in [-0.39, 0.29) is 11.7 Å². The molecule has 1 aliphatic carbocycles. The van der Waals surface area contributed by atoms with Crippen LogP contribution in [0.5, 0.6) is 0 Å². The third-order valence-corrected chi connectivity index (χ3v) is 5.63. The minimum Gasteiger partial charge on any atom is -0.459 e. The van der Waals surface area contributed by atoms with Crippen molar-refractivity contribution in [2.75, 3.05) is 0 Å². The molecule has 2 aliphatic heterocycles. The predicted octanol–water partition coefficient (Wildman–Crippen LogP) is 2.22. The van der Waals surface area contributed by atoms with Crippen LogP contribution in [0.2, 0.25) is 0 Å². The van der Waals surface area contributed by atoms with Crippen LogP contribution >= 0.6 is 0 Å². The minimum atomic E-state index is -0.935. The summed E-state index contributed by atoms with van der Waals surface area (Å²) in [4.78, 5) is 24.7. The molecule has 0 unspecified atom stereocenters. The zero-order valence-electron chi connectivity index (χ0n) is 15.7. The van der Waals surface area contributed by atoms with E-state index in [4.69, 9.17) is 14.2 Å². The first-order valence-corrected chi connectivity index (χ1v) is 8.94. The molecule has 0 amide bonds. The summed E-state index contributed by atoms with van der Waals surface area (Å²) < 4.78 is 16.6. The number of rotatable bonds is 2. The highest BCUT2D eigenvalue weighted by molar-refractivity contribution is 5.91. The average molecular weight is 362 g/mol. The summed E-state index contributed by atoms with van der Waals surface area (Å²) in [6, 6.07) is 0. The molecule has 2 saturated heterocycles. The monoisotopic (exact) mass is 362 g/mol. The van der Waals surface area contributed by atoms with E-state index in [0.29, 0.717) is 18.4 Å². The van der Waals surface area contributed by atoms with Gasteiger partial charge >= 0.3 is 11.9 Å². The quantitative estimate of drug-likeness (QED) is 0.351. The van der Waals surface area contributed by atoms with Crippen molar-refractivity contribution in [3.05, 3.63) is 35.5 Å². The van der Waals surface area contributed by atoms with Gasteiger partial charge in [0.25, 0.3) is 0 Å². The highest BCUT2D eigenvalue weighted by atomic mass is 16.7. The topological polar surface area (TPSA) is 85.4 Å². The maximum atomic E-state index is 12.6. The summed E-state index contributed by atoms with van der Waals surface area (Å²) in [5.41, 5.74) is 1.03. The summed E-state index contributed by atoms with van der Waals surface area (Å²) in [7, 11) is 0. The van der Waals surface area contributed by atoms with Gasteiger partial charge in [0.2, 0.25) is 0 Å². The first-order valence-electron chi connectivity index (χ1n) is 8.94. The van der Waals surface area contributed by atoms with E-state index in [1.165, 1.54) is 0 Å². The van der Waals surface area contributed by atoms with Crippen LogP contribution in [0.25, 0.3) is 0 Å². The van der Waals surface area contributed by atoms with Crippen LogP contribution in [0.4, 0.5) is 0 Å². The van der Waals surface area contributed by atoms with Crippen LogP contribution in [-0.2, 0) is 23.8 Å². The predicted molar refractivity (Wildman–Crippen MR) is 94.1 cm³/mol. The second-order valence-corrected chi connectivity index (χ2v) is 7.65. The van der Waals surface area contributed by atoms with Gasteiger partial charge in [-0.2, -0.15) is 0 Å². The minimum absolute atomic E-state index is 0.191. The van der Waals surface area contributed by atoms with Gasteiger partial charge in [0.1, 0.15) is 12.2 Å². The molecule has 142 valence electrons. The molecule has 1 N–H and O–H groups in total. The van der Waals surface area contributed by atoms with Crippen molar-refractivity contribution in [2.45, 2.75) is 70.6 Å². The molecule has 2 fully saturated rings. The van der Waals surface area contributed by atoms with Crippen LogP contribution in [0.15, 0.2) is 35.5 Å². The lowest BCUT2D eigenvalue weighted by atomic mass is 9.85. The van der Waals surface area contributed by atoms with Gasteiger partial charge < -0.3 is 19.3 Å². The summed E-state index contributed by atoms with van der Waals surface area (Å²) in [5.74, 6) is -1.43. The molecule has 0 bridgehead atoms. The molecule has 6 nitrogen and oxygen atoms in total. The van der Waals surface area contributed by atoms with Crippen molar-refractivity contribution in [1.82, 2.24) is 0 Å². The van der Waals surface area contributed by atoms with Crippen molar-refractivity contribution in [2.24, 2.45) is 5.92 Å². The van der Waals surface area contributed by atoms with Crippen LogP contribution < -0.4 is 0 Å². The van der Waals surface area contributed by atoms with E-state index in [0.717, 1.165) is 5.57 Å². The fraction of sp³-hybridized carbons (Fsp3) is 0.600. The van der Waals surface area contributed by atoms with Gasteiger partial charge in [-0.15, -0.1) is 0 Å². The summed E-state index contributed by atoms with van der Waals surface area (Å²) in [5, 5.41) is 10.2. The Morgan fingerprint density at radius 3 is 2.69 bits per heavy atom. The fourth-order valence-corrected chi connectivity index (χ4v) is 3.49. The normalized spacial score (nSPS) is 44.1. The van der Waals surface area contributed by atoms with Crippen molar-refractivity contribution in [3.8, 4) is 0 Å². The first kappa shape index (κ1) is 18.9. The Morgan fingerprint density at radius 1 is 1.42 bits per heavy atom. The largest absolute Gasteiger partial charge is 0.459 e. The molecule has 3 aliphatic rings. The molecule has 2 heterocycles. The number of aliphatic hydroxyl groups excluding tert-OH is 1. The zero-order valence-corrected chi connectivity index (χ0v) is 15.7. The highest BCUT2D eigenvalue weighted by Gasteiger charge is 2.58. The second-order valence-electron chi connectivity index (χ2n) is 7.65. The van der Waals surface area contributed by atoms with E-state index in [1.54, 1.807) is 19.9 Å². The second kappa shape index (κ2) is 6.67. The fourth-order valence-electron chi connectivity index (χ4n) is 3.49. The van der Waals surface area contributed by atoms with Crippen LogP contribution in [0.3, 0.4) is 0 Å². The van der Waals surface area contributed by atoms with Gasteiger partial charge in [0.15, 0.2) is 5.60 Å². The van der Waals surface area contributed by atoms with Crippen LogP contribution in [0, 0.1) is 5.92 Å². The lowest BCUT2D eigenvalue weighted by Gasteiger charge is -2.28. The molecule has 0 radical (unpaired) electrons. The van der Waals surface area contributed by atoms with E-state index < -0.39 is 41.8 Å². The highest BCUT2D eigenvalue weighted by Crippen LogP contribution is 2.40. The molecule has 0 spiro atoms. The Morgan fingerprint density at radius 2 is 2.08 bits per heavy atom. The van der Waals surface area contributed by atoms with Crippen molar-refractivity contribution in [3.63, 3.8) is 0 Å². The van der Waals surface area contributed by atoms with Gasteiger partial charge in [0, 0.05) is 12.0 Å². The molecule has 0 aromatic rings. The molecule has 26 heavy (non-hydrogen) atoms. The Balaban J connectivity index is 1.93. The van der Waals surface area contributed by atoms with Gasteiger partial charge in [-0.25, -0.2) is 9.59 Å². The van der Waals surface area contributed by atoms with Gasteiger partial charge in [0.05, 0.1) is 18.1 Å². The van der Waals surface area contributed by atoms with Crippen LogP contribution in [-0.4, -0.2) is 47.1 Å². The number of carbonyl (C=O) groups is 2. The number of fused-ring (bicyclic) bond motifs is 1. The molecule has 0 aromatic carbocycles. The van der Waals surface area contributed by atoms with Crippen LogP contribution in [0.1, 0.15) is 40.5 Å². The van der Waals surface area contributed by atoms with Crippen molar-refractivity contribution >= 4 is 11.9 Å². The lowest BCUT2D eigenvalue weighted by molar-refractivity contribution is -0.157. The summed E-state index contributed by atoms with van der Waals surface area (Å²) >= 11 is 0. The number of ether oxygens (including phenoxy) is 3. The Hall–Kier alpha value is -1.92. The molecule has 3 rings (SSSR count). The number of hydrogen-bond acceptors (Lipinski definition) is 6. The Kier molecular flexibility index (Phi) is 4.84. The number of esters is 2. The van der Waals surface area contributed by atoms with E-state index >= 15 is 0 Å². The molecule has 6 heteroatoms. The number of aliphatic hydroxyl groups is 1. The maximum Gasteiger partial charge on any atom is 0.341 e. The van der Waals surface area contributed by atoms with E-state index in [2.05, 4.69) is 6.58 Å². The van der Waals surface area contributed by atoms with Crippen molar-refractivity contribution in [1.29, 1.82) is 0 Å². The zero-order chi connectivity index (χ0) is 19.2. The first-order chi connectivity index (χ1) is 12.1.